The molecule has 0 saturated carbocycles. The Morgan fingerprint density at radius 1 is 0.840 bits per heavy atom. The van der Waals surface area contributed by atoms with Gasteiger partial charge >= 0.3 is 0 Å². The number of hydrogen-bond donors (Lipinski definition) is 0. The second kappa shape index (κ2) is 14.4. The summed E-state index contributed by atoms with van der Waals surface area (Å²) in [6.45, 7) is 2.04. The highest BCUT2D eigenvalue weighted by Gasteiger charge is 2.08. The minimum absolute atomic E-state index is 0.826. The number of rotatable bonds is 13. The van der Waals surface area contributed by atoms with E-state index in [-0.39, 0.29) is 0 Å². The van der Waals surface area contributed by atoms with Crippen molar-refractivity contribution in [2.75, 3.05) is 14.2 Å². The number of para-hydroxylation sites is 1. The summed E-state index contributed by atoms with van der Waals surface area (Å²) in [5.41, 5.74) is 1.25. The minimum atomic E-state index is 0.826. The first-order valence-electron chi connectivity index (χ1n) is 9.46. The fraction of sp³-hybridized carbons (Fsp3) is 0.478. The Hall–Kier alpha value is -1.96. The first-order chi connectivity index (χ1) is 12.3. The molecule has 0 spiro atoms. The smallest absolute Gasteiger partial charge is 0.163 e. The molecule has 2 heteroatoms. The van der Waals surface area contributed by atoms with Crippen molar-refractivity contribution < 1.29 is 9.47 Å². The minimum Gasteiger partial charge on any atom is -0.493 e. The van der Waals surface area contributed by atoms with Crippen LogP contribution in [0.2, 0.25) is 0 Å². The summed E-state index contributed by atoms with van der Waals surface area (Å²) in [5.74, 6) is 1.71. The normalized spacial score (nSPS) is 11.8. The summed E-state index contributed by atoms with van der Waals surface area (Å²) >= 11 is 0. The van der Waals surface area contributed by atoms with Gasteiger partial charge < -0.3 is 9.47 Å². The molecule has 0 aliphatic carbocycles. The van der Waals surface area contributed by atoms with Crippen LogP contribution in [-0.2, 0) is 6.42 Å². The third-order valence-corrected chi connectivity index (χ3v) is 4.18. The summed E-state index contributed by atoms with van der Waals surface area (Å²) in [7, 11) is 3.40. The molecule has 138 valence electrons. The van der Waals surface area contributed by atoms with Crippen LogP contribution in [0.3, 0.4) is 0 Å². The number of methoxy groups -OCH3 is 2. The van der Waals surface area contributed by atoms with Crippen LogP contribution in [0.15, 0.2) is 54.7 Å². The van der Waals surface area contributed by atoms with Crippen molar-refractivity contribution in [1.29, 1.82) is 0 Å². The second-order valence-corrected chi connectivity index (χ2v) is 6.12. The number of unbranched alkanes of at least 4 members (excludes halogenated alkanes) is 5. The van der Waals surface area contributed by atoms with Crippen molar-refractivity contribution in [2.45, 2.75) is 58.3 Å². The van der Waals surface area contributed by atoms with Crippen LogP contribution in [0.5, 0.6) is 11.5 Å². The van der Waals surface area contributed by atoms with Crippen LogP contribution < -0.4 is 9.47 Å². The average molecular weight is 343 g/mol. The van der Waals surface area contributed by atoms with E-state index in [1.165, 1.54) is 44.1 Å². The molecule has 0 aliphatic rings. The maximum atomic E-state index is 5.49. The summed E-state index contributed by atoms with van der Waals surface area (Å²) in [5, 5.41) is 0. The van der Waals surface area contributed by atoms with Crippen LogP contribution >= 0.6 is 0 Å². The van der Waals surface area contributed by atoms with Crippen molar-refractivity contribution >= 4 is 0 Å². The summed E-state index contributed by atoms with van der Waals surface area (Å²) in [6, 6.07) is 6.12. The Labute approximate surface area is 154 Å². The molecule has 0 bridgehead atoms. The van der Waals surface area contributed by atoms with E-state index in [0.29, 0.717) is 0 Å². The predicted molar refractivity (Wildman–Crippen MR) is 109 cm³/mol. The number of allylic oxidation sites excluding steroid dienone is 6. The van der Waals surface area contributed by atoms with E-state index in [0.717, 1.165) is 24.3 Å². The Morgan fingerprint density at radius 2 is 1.64 bits per heavy atom. The van der Waals surface area contributed by atoms with Crippen molar-refractivity contribution in [3.63, 3.8) is 0 Å². The maximum absolute atomic E-state index is 5.49. The Bertz CT molecular complexity index is 541. The summed E-state index contributed by atoms with van der Waals surface area (Å²) < 4.78 is 10.8. The zero-order valence-corrected chi connectivity index (χ0v) is 16.2. The van der Waals surface area contributed by atoms with Crippen molar-refractivity contribution in [1.82, 2.24) is 0 Å². The van der Waals surface area contributed by atoms with Crippen LogP contribution in [0.1, 0.15) is 57.4 Å². The molecule has 1 aromatic carbocycles. The molecule has 0 amide bonds. The average Bonchev–Trinajstić information content (AvgIpc) is 2.65. The van der Waals surface area contributed by atoms with Crippen LogP contribution in [0, 0.1) is 0 Å². The molecule has 2 nitrogen and oxygen atoms in total. The van der Waals surface area contributed by atoms with Gasteiger partial charge in [-0.05, 0) is 50.7 Å². The monoisotopic (exact) mass is 342 g/mol. The highest BCUT2D eigenvalue weighted by Crippen LogP contribution is 2.31. The zero-order valence-electron chi connectivity index (χ0n) is 16.2. The molecule has 1 rings (SSSR count). The first-order valence-corrected chi connectivity index (χ1v) is 9.46. The van der Waals surface area contributed by atoms with E-state index in [9.17, 15) is 0 Å². The van der Waals surface area contributed by atoms with Gasteiger partial charge in [0.25, 0.3) is 0 Å². The molecule has 0 unspecified atom stereocenters. The molecule has 0 heterocycles. The van der Waals surface area contributed by atoms with E-state index in [4.69, 9.17) is 9.47 Å². The molecule has 1 aromatic rings. The summed E-state index contributed by atoms with van der Waals surface area (Å²) in [6.07, 6.45) is 22.6. The van der Waals surface area contributed by atoms with Gasteiger partial charge in [0, 0.05) is 0 Å². The lowest BCUT2D eigenvalue weighted by Crippen LogP contribution is -1.96. The van der Waals surface area contributed by atoms with E-state index < -0.39 is 0 Å². The zero-order chi connectivity index (χ0) is 18.2. The van der Waals surface area contributed by atoms with Crippen molar-refractivity contribution in [2.24, 2.45) is 0 Å². The SMILES string of the molecule is CC=CC=CCC=CCCCCCCCc1cccc(OC)c1OC. The van der Waals surface area contributed by atoms with E-state index in [1.807, 2.05) is 25.1 Å². The summed E-state index contributed by atoms with van der Waals surface area (Å²) in [4.78, 5) is 0. The van der Waals surface area contributed by atoms with E-state index >= 15 is 0 Å². The van der Waals surface area contributed by atoms with E-state index in [1.54, 1.807) is 14.2 Å². The first kappa shape index (κ1) is 21.1. The molecule has 0 radical (unpaired) electrons. The van der Waals surface area contributed by atoms with Gasteiger partial charge in [-0.2, -0.15) is 0 Å². The Balaban J connectivity index is 2.10. The largest absolute Gasteiger partial charge is 0.493 e. The van der Waals surface area contributed by atoms with Gasteiger partial charge in [0.15, 0.2) is 11.5 Å². The lowest BCUT2D eigenvalue weighted by Gasteiger charge is -2.12. The van der Waals surface area contributed by atoms with Crippen molar-refractivity contribution in [3.8, 4) is 11.5 Å². The standard InChI is InChI=1S/C23H34O2/c1-4-5-6-7-8-9-10-11-12-13-14-15-16-18-21-19-17-20-22(24-2)23(21)25-3/h4-7,9-10,17,19-20H,8,11-16,18H2,1-3H3. The van der Waals surface area contributed by atoms with Crippen LogP contribution in [0.4, 0.5) is 0 Å². The van der Waals surface area contributed by atoms with Gasteiger partial charge in [0.05, 0.1) is 14.2 Å². The van der Waals surface area contributed by atoms with Gasteiger partial charge in [-0.25, -0.2) is 0 Å². The van der Waals surface area contributed by atoms with Gasteiger partial charge in [0.2, 0.25) is 0 Å². The van der Waals surface area contributed by atoms with Gasteiger partial charge in [0.1, 0.15) is 0 Å². The fourth-order valence-corrected chi connectivity index (χ4v) is 2.82. The van der Waals surface area contributed by atoms with Gasteiger partial charge in [-0.1, -0.05) is 67.9 Å². The third kappa shape index (κ3) is 9.19. The molecule has 25 heavy (non-hydrogen) atoms. The van der Waals surface area contributed by atoms with Crippen molar-refractivity contribution in [3.05, 3.63) is 60.2 Å². The van der Waals surface area contributed by atoms with Gasteiger partial charge in [-0.15, -0.1) is 0 Å². The highest BCUT2D eigenvalue weighted by atomic mass is 16.5. The molecule has 0 saturated heterocycles. The maximum Gasteiger partial charge on any atom is 0.163 e. The van der Waals surface area contributed by atoms with E-state index in [2.05, 4.69) is 36.4 Å². The number of aryl methyl sites for hydroxylation is 1. The van der Waals surface area contributed by atoms with Crippen LogP contribution in [-0.4, -0.2) is 14.2 Å². The van der Waals surface area contributed by atoms with Gasteiger partial charge in [-0.3, -0.25) is 0 Å². The topological polar surface area (TPSA) is 18.5 Å². The predicted octanol–water partition coefficient (Wildman–Crippen LogP) is 6.67. The lowest BCUT2D eigenvalue weighted by atomic mass is 10.0. The number of benzene rings is 1. The number of hydrogen-bond acceptors (Lipinski definition) is 2. The second-order valence-electron chi connectivity index (χ2n) is 6.12. The quantitative estimate of drug-likeness (QED) is 0.226. The Morgan fingerprint density at radius 3 is 2.40 bits per heavy atom. The molecule has 0 N–H and O–H groups in total. The molecular formula is C23H34O2. The van der Waals surface area contributed by atoms with Crippen LogP contribution in [0.25, 0.3) is 0 Å². The molecular weight excluding hydrogens is 308 g/mol. The molecule has 0 aliphatic heterocycles. The molecule has 0 fully saturated rings. The third-order valence-electron chi connectivity index (χ3n) is 4.18. The molecule has 0 aromatic heterocycles. The number of ether oxygens (including phenoxy) is 2. The highest BCUT2D eigenvalue weighted by molar-refractivity contribution is 5.46. The fourth-order valence-electron chi connectivity index (χ4n) is 2.82. The Kier molecular flexibility index (Phi) is 12.1. The molecule has 0 atom stereocenters. The lowest BCUT2D eigenvalue weighted by molar-refractivity contribution is 0.351.